The molecule has 0 fully saturated rings. The summed E-state index contributed by atoms with van der Waals surface area (Å²) in [7, 11) is 0. The van der Waals surface area contributed by atoms with Gasteiger partial charge in [-0.3, -0.25) is 4.57 Å². The Morgan fingerprint density at radius 3 is 1.73 bits per heavy atom. The summed E-state index contributed by atoms with van der Waals surface area (Å²) in [6, 6.07) is 52.6. The fraction of sp³-hybridized carbons (Fsp3) is 0. The fourth-order valence-electron chi connectivity index (χ4n) is 6.76. The molecule has 0 amide bonds. The maximum Gasteiger partial charge on any atom is 0.145 e. The number of benzene rings is 7. The van der Waals surface area contributed by atoms with Crippen molar-refractivity contribution in [2.45, 2.75) is 0 Å². The first-order chi connectivity index (χ1) is 20.3. The summed E-state index contributed by atoms with van der Waals surface area (Å²) >= 11 is 0. The number of hydrogen-bond acceptors (Lipinski definition) is 1. The lowest BCUT2D eigenvalue weighted by Gasteiger charge is -2.14. The van der Waals surface area contributed by atoms with Crippen LogP contribution in [0.25, 0.3) is 82.0 Å². The summed E-state index contributed by atoms with van der Waals surface area (Å²) in [5.74, 6) is 0.945. The maximum atomic E-state index is 5.18. The highest BCUT2D eigenvalue weighted by Gasteiger charge is 2.17. The zero-order chi connectivity index (χ0) is 26.9. The molecule has 0 aliphatic carbocycles. The summed E-state index contributed by atoms with van der Waals surface area (Å²) < 4.78 is 2.28. The van der Waals surface area contributed by atoms with Crippen molar-refractivity contribution in [3.8, 4) is 17.1 Å². The smallest absolute Gasteiger partial charge is 0.145 e. The molecule has 1 aromatic heterocycles. The highest BCUT2D eigenvalue weighted by atomic mass is 15.1. The van der Waals surface area contributed by atoms with Crippen LogP contribution >= 0.6 is 0 Å². The molecular formula is C39H24N2. The van der Waals surface area contributed by atoms with E-state index < -0.39 is 0 Å². The Morgan fingerprint density at radius 2 is 1.00 bits per heavy atom. The van der Waals surface area contributed by atoms with E-state index in [-0.39, 0.29) is 0 Å². The molecule has 0 atom stereocenters. The molecule has 0 aliphatic rings. The van der Waals surface area contributed by atoms with Crippen LogP contribution in [0.2, 0.25) is 0 Å². The van der Waals surface area contributed by atoms with E-state index >= 15 is 0 Å². The van der Waals surface area contributed by atoms with E-state index in [9.17, 15) is 0 Å². The number of hydrogen-bond donors (Lipinski definition) is 0. The molecule has 9 aromatic rings. The largest absolute Gasteiger partial charge is 0.292 e. The van der Waals surface area contributed by atoms with Gasteiger partial charge in [-0.25, -0.2) is 4.98 Å². The molecule has 2 nitrogen and oxygen atoms in total. The van der Waals surface area contributed by atoms with Crippen molar-refractivity contribution < 1.29 is 0 Å². The van der Waals surface area contributed by atoms with Crippen LogP contribution in [0, 0.1) is 0 Å². The predicted octanol–water partition coefficient (Wildman–Crippen LogP) is 10.5. The highest BCUT2D eigenvalue weighted by Crippen LogP contribution is 2.41. The molecule has 0 spiro atoms. The normalized spacial score (nSPS) is 11.9. The number of rotatable bonds is 2. The van der Waals surface area contributed by atoms with Gasteiger partial charge in [0.05, 0.1) is 11.0 Å². The van der Waals surface area contributed by atoms with E-state index in [1.54, 1.807) is 0 Å². The number of imidazole rings is 1. The standard InChI is InChI=1S/C39H24N2/c1-2-12-28(13-3-1)41-36-19-7-6-18-35(36)40-39(41)27-22-23-31-33-17-9-11-26-21-20-25-10-8-16-32(37(25)38(26)33)29-14-4-5-15-30(29)34(31)24-27/h1-24H. The molecule has 0 bridgehead atoms. The van der Waals surface area contributed by atoms with Gasteiger partial charge in [-0.2, -0.15) is 0 Å². The minimum absolute atomic E-state index is 0.945. The van der Waals surface area contributed by atoms with Crippen molar-refractivity contribution in [1.29, 1.82) is 0 Å². The molecule has 2 heteroatoms. The van der Waals surface area contributed by atoms with Crippen molar-refractivity contribution in [3.05, 3.63) is 146 Å². The van der Waals surface area contributed by atoms with Crippen LogP contribution in [0.15, 0.2) is 146 Å². The SMILES string of the molecule is c1ccc(-n2c(-c3ccc4c(c3)c3ccccc3c3cccc5ccc6cccc4c6c53)nc3ccccc32)cc1. The van der Waals surface area contributed by atoms with Crippen molar-refractivity contribution in [2.24, 2.45) is 0 Å². The van der Waals surface area contributed by atoms with Gasteiger partial charge in [0.2, 0.25) is 0 Å². The number of para-hydroxylation sites is 3. The third kappa shape index (κ3) is 3.22. The van der Waals surface area contributed by atoms with Gasteiger partial charge in [0.15, 0.2) is 0 Å². The van der Waals surface area contributed by atoms with Crippen LogP contribution in [0.1, 0.15) is 0 Å². The van der Waals surface area contributed by atoms with E-state index in [1.807, 2.05) is 0 Å². The molecule has 9 rings (SSSR count). The number of aromatic nitrogens is 2. The molecule has 41 heavy (non-hydrogen) atoms. The second-order valence-electron chi connectivity index (χ2n) is 10.8. The Balaban J connectivity index is 1.48. The first-order valence-electron chi connectivity index (χ1n) is 14.1. The lowest BCUT2D eigenvalue weighted by atomic mass is 9.90. The van der Waals surface area contributed by atoms with Gasteiger partial charge in [0.1, 0.15) is 5.82 Å². The molecule has 0 saturated heterocycles. The molecule has 1 heterocycles. The van der Waals surface area contributed by atoms with Crippen molar-refractivity contribution in [3.63, 3.8) is 0 Å². The molecule has 0 unspecified atom stereocenters. The monoisotopic (exact) mass is 520 g/mol. The maximum absolute atomic E-state index is 5.18. The Kier molecular flexibility index (Phi) is 4.64. The van der Waals surface area contributed by atoms with Gasteiger partial charge in [-0.15, -0.1) is 0 Å². The summed E-state index contributed by atoms with van der Waals surface area (Å²) in [4.78, 5) is 5.18. The van der Waals surface area contributed by atoms with Crippen molar-refractivity contribution >= 4 is 64.9 Å². The van der Waals surface area contributed by atoms with Crippen molar-refractivity contribution in [2.75, 3.05) is 0 Å². The van der Waals surface area contributed by atoms with E-state index in [1.165, 1.54) is 53.9 Å². The second-order valence-corrected chi connectivity index (χ2v) is 10.8. The van der Waals surface area contributed by atoms with Crippen LogP contribution in [0.3, 0.4) is 0 Å². The van der Waals surface area contributed by atoms with E-state index in [0.29, 0.717) is 0 Å². The zero-order valence-electron chi connectivity index (χ0n) is 22.3. The Hall–Kier alpha value is -5.47. The first kappa shape index (κ1) is 22.4. The minimum atomic E-state index is 0.945. The molecule has 0 N–H and O–H groups in total. The Morgan fingerprint density at radius 1 is 0.415 bits per heavy atom. The van der Waals surface area contributed by atoms with Gasteiger partial charge >= 0.3 is 0 Å². The number of fused-ring (bicyclic) bond motifs is 6. The lowest BCUT2D eigenvalue weighted by Crippen LogP contribution is -1.97. The average Bonchev–Trinajstić information content (AvgIpc) is 3.43. The minimum Gasteiger partial charge on any atom is -0.292 e. The third-order valence-corrected chi connectivity index (χ3v) is 8.54. The van der Waals surface area contributed by atoms with Crippen LogP contribution in [-0.4, -0.2) is 9.55 Å². The summed E-state index contributed by atoms with van der Waals surface area (Å²) in [6.07, 6.45) is 0. The van der Waals surface area contributed by atoms with E-state index in [0.717, 1.165) is 28.1 Å². The topological polar surface area (TPSA) is 17.8 Å². The van der Waals surface area contributed by atoms with Crippen LogP contribution in [0.4, 0.5) is 0 Å². The Labute approximate surface area is 236 Å². The third-order valence-electron chi connectivity index (χ3n) is 8.54. The van der Waals surface area contributed by atoms with Crippen molar-refractivity contribution in [1.82, 2.24) is 9.55 Å². The lowest BCUT2D eigenvalue weighted by molar-refractivity contribution is 1.10. The molecule has 0 aliphatic heterocycles. The highest BCUT2D eigenvalue weighted by molar-refractivity contribution is 6.32. The zero-order valence-corrected chi connectivity index (χ0v) is 22.3. The molecule has 0 radical (unpaired) electrons. The predicted molar refractivity (Wildman–Crippen MR) is 174 cm³/mol. The van der Waals surface area contributed by atoms with Gasteiger partial charge in [0, 0.05) is 11.3 Å². The van der Waals surface area contributed by atoms with Gasteiger partial charge in [-0.05, 0) is 84.2 Å². The fourth-order valence-corrected chi connectivity index (χ4v) is 6.76. The molecule has 8 aromatic carbocycles. The van der Waals surface area contributed by atoms with Gasteiger partial charge in [-0.1, -0.05) is 115 Å². The van der Waals surface area contributed by atoms with Crippen LogP contribution in [0.5, 0.6) is 0 Å². The quantitative estimate of drug-likeness (QED) is 0.207. The summed E-state index contributed by atoms with van der Waals surface area (Å²) in [6.45, 7) is 0. The second kappa shape index (κ2) is 8.51. The molecule has 190 valence electrons. The molecular weight excluding hydrogens is 496 g/mol. The molecule has 0 saturated carbocycles. The van der Waals surface area contributed by atoms with E-state index in [2.05, 4.69) is 150 Å². The number of nitrogens with zero attached hydrogens (tertiary/aromatic N) is 2. The van der Waals surface area contributed by atoms with Gasteiger partial charge in [0.25, 0.3) is 0 Å². The van der Waals surface area contributed by atoms with Gasteiger partial charge < -0.3 is 0 Å². The first-order valence-corrected chi connectivity index (χ1v) is 14.1. The average molecular weight is 521 g/mol. The van der Waals surface area contributed by atoms with E-state index in [4.69, 9.17) is 4.98 Å². The summed E-state index contributed by atoms with van der Waals surface area (Å²) in [5, 5.41) is 12.7. The summed E-state index contributed by atoms with van der Waals surface area (Å²) in [5.41, 5.74) is 4.29. The Bertz CT molecular complexity index is 2470. The van der Waals surface area contributed by atoms with Crippen LogP contribution < -0.4 is 0 Å². The van der Waals surface area contributed by atoms with Crippen LogP contribution in [-0.2, 0) is 0 Å².